The SMILES string of the molecule is CCOCCCNC(N)=NCC1(SC)CCOCC1.I. The van der Waals surface area contributed by atoms with E-state index in [0.29, 0.717) is 5.96 Å². The first-order chi connectivity index (χ1) is 9.22. The van der Waals surface area contributed by atoms with Crippen molar-refractivity contribution >= 4 is 41.7 Å². The molecular weight excluding hydrogens is 389 g/mol. The van der Waals surface area contributed by atoms with E-state index in [0.717, 1.165) is 58.8 Å². The number of rotatable bonds is 8. The number of thioether (sulfide) groups is 1. The van der Waals surface area contributed by atoms with Gasteiger partial charge in [0.15, 0.2) is 5.96 Å². The van der Waals surface area contributed by atoms with Crippen molar-refractivity contribution in [2.24, 2.45) is 10.7 Å². The molecule has 1 fully saturated rings. The summed E-state index contributed by atoms with van der Waals surface area (Å²) in [7, 11) is 0. The molecular formula is C13H28IN3O2S. The van der Waals surface area contributed by atoms with Crippen molar-refractivity contribution < 1.29 is 9.47 Å². The zero-order valence-electron chi connectivity index (χ0n) is 12.5. The first kappa shape index (κ1) is 20.3. The predicted octanol–water partition coefficient (Wildman–Crippen LogP) is 1.85. The highest BCUT2D eigenvalue weighted by Crippen LogP contribution is 2.33. The lowest BCUT2D eigenvalue weighted by molar-refractivity contribution is 0.0794. The van der Waals surface area contributed by atoms with Crippen molar-refractivity contribution in [1.82, 2.24) is 5.32 Å². The Morgan fingerprint density at radius 3 is 2.75 bits per heavy atom. The second-order valence-corrected chi connectivity index (χ2v) is 5.95. The summed E-state index contributed by atoms with van der Waals surface area (Å²) < 4.78 is 10.9. The zero-order chi connectivity index (χ0) is 14.0. The van der Waals surface area contributed by atoms with Gasteiger partial charge in [-0.05, 0) is 32.4 Å². The standard InChI is InChI=1S/C13H27N3O2S.HI/c1-3-17-8-4-7-15-12(14)16-11-13(19-2)5-9-18-10-6-13;/h3-11H2,1-2H3,(H3,14,15,16);1H. The van der Waals surface area contributed by atoms with Crippen LogP contribution in [-0.2, 0) is 9.47 Å². The van der Waals surface area contributed by atoms with Crippen molar-refractivity contribution in [3.05, 3.63) is 0 Å². The minimum absolute atomic E-state index is 0. The van der Waals surface area contributed by atoms with Crippen LogP contribution in [0.1, 0.15) is 26.2 Å². The Labute approximate surface area is 143 Å². The van der Waals surface area contributed by atoms with Crippen LogP contribution in [0.15, 0.2) is 4.99 Å². The minimum atomic E-state index is 0. The maximum atomic E-state index is 5.88. The van der Waals surface area contributed by atoms with Gasteiger partial charge in [-0.15, -0.1) is 24.0 Å². The Balaban J connectivity index is 0.00000361. The quantitative estimate of drug-likeness (QED) is 0.273. The molecule has 20 heavy (non-hydrogen) atoms. The minimum Gasteiger partial charge on any atom is -0.382 e. The van der Waals surface area contributed by atoms with Crippen LogP contribution in [0.2, 0.25) is 0 Å². The molecule has 0 amide bonds. The van der Waals surface area contributed by atoms with E-state index in [9.17, 15) is 0 Å². The second-order valence-electron chi connectivity index (χ2n) is 4.68. The second kappa shape index (κ2) is 11.9. The molecule has 0 spiro atoms. The summed E-state index contributed by atoms with van der Waals surface area (Å²) in [5.41, 5.74) is 5.88. The van der Waals surface area contributed by atoms with Crippen LogP contribution in [0.5, 0.6) is 0 Å². The maximum absolute atomic E-state index is 5.88. The molecule has 5 nitrogen and oxygen atoms in total. The van der Waals surface area contributed by atoms with Crippen molar-refractivity contribution in [3.63, 3.8) is 0 Å². The molecule has 0 unspecified atom stereocenters. The molecule has 1 aliphatic heterocycles. The van der Waals surface area contributed by atoms with Gasteiger partial charge in [-0.1, -0.05) is 0 Å². The van der Waals surface area contributed by atoms with E-state index in [-0.39, 0.29) is 28.7 Å². The lowest BCUT2D eigenvalue weighted by Gasteiger charge is -2.34. The van der Waals surface area contributed by atoms with Gasteiger partial charge in [-0.25, -0.2) is 0 Å². The number of guanidine groups is 1. The van der Waals surface area contributed by atoms with Crippen LogP contribution in [0.4, 0.5) is 0 Å². The van der Waals surface area contributed by atoms with Crippen LogP contribution in [0.3, 0.4) is 0 Å². The molecule has 1 aliphatic rings. The molecule has 1 heterocycles. The Bertz CT molecular complexity index is 274. The average molecular weight is 417 g/mol. The number of nitrogens with two attached hydrogens (primary N) is 1. The van der Waals surface area contributed by atoms with Crippen LogP contribution in [-0.4, -0.2) is 56.5 Å². The summed E-state index contributed by atoms with van der Waals surface area (Å²) in [6.07, 6.45) is 5.20. The normalized spacial score (nSPS) is 18.4. The van der Waals surface area contributed by atoms with Gasteiger partial charge in [0.25, 0.3) is 0 Å². The molecule has 1 rings (SSSR count). The van der Waals surface area contributed by atoms with Gasteiger partial charge in [-0.2, -0.15) is 11.8 Å². The average Bonchev–Trinajstić information content (AvgIpc) is 2.46. The Hall–Kier alpha value is 0.270. The van der Waals surface area contributed by atoms with Gasteiger partial charge in [-0.3, -0.25) is 4.99 Å². The topological polar surface area (TPSA) is 68.9 Å². The summed E-state index contributed by atoms with van der Waals surface area (Å²) in [5, 5.41) is 3.13. The molecule has 0 aromatic rings. The summed E-state index contributed by atoms with van der Waals surface area (Å²) in [6, 6.07) is 0. The van der Waals surface area contributed by atoms with Crippen LogP contribution in [0.25, 0.3) is 0 Å². The molecule has 0 aliphatic carbocycles. The van der Waals surface area contributed by atoms with Gasteiger partial charge in [0, 0.05) is 37.7 Å². The Morgan fingerprint density at radius 1 is 1.45 bits per heavy atom. The highest BCUT2D eigenvalue weighted by atomic mass is 127. The third kappa shape index (κ3) is 7.90. The molecule has 0 atom stereocenters. The summed E-state index contributed by atoms with van der Waals surface area (Å²) >= 11 is 1.88. The third-order valence-corrected chi connectivity index (χ3v) is 4.75. The fourth-order valence-electron chi connectivity index (χ4n) is 1.99. The van der Waals surface area contributed by atoms with Gasteiger partial charge in [0.2, 0.25) is 0 Å². The first-order valence-electron chi connectivity index (χ1n) is 6.97. The van der Waals surface area contributed by atoms with Crippen molar-refractivity contribution in [3.8, 4) is 0 Å². The fraction of sp³-hybridized carbons (Fsp3) is 0.923. The van der Waals surface area contributed by atoms with Crippen LogP contribution < -0.4 is 11.1 Å². The molecule has 0 aromatic heterocycles. The number of hydrogen-bond acceptors (Lipinski definition) is 4. The highest BCUT2D eigenvalue weighted by Gasteiger charge is 2.31. The van der Waals surface area contributed by atoms with Crippen LogP contribution >= 0.6 is 35.7 Å². The number of halogens is 1. The molecule has 3 N–H and O–H groups in total. The number of nitrogens with one attached hydrogen (secondary N) is 1. The number of aliphatic imine (C=N–C) groups is 1. The smallest absolute Gasteiger partial charge is 0.188 e. The van der Waals surface area contributed by atoms with E-state index in [1.807, 2.05) is 18.7 Å². The Morgan fingerprint density at radius 2 is 2.15 bits per heavy atom. The summed E-state index contributed by atoms with van der Waals surface area (Å²) in [6.45, 7) is 6.77. The van der Waals surface area contributed by atoms with Gasteiger partial charge in [0.1, 0.15) is 0 Å². The van der Waals surface area contributed by atoms with Crippen molar-refractivity contribution in [1.29, 1.82) is 0 Å². The fourth-order valence-corrected chi connectivity index (χ4v) is 2.76. The molecule has 0 aromatic carbocycles. The third-order valence-electron chi connectivity index (χ3n) is 3.35. The van der Waals surface area contributed by atoms with E-state index in [1.165, 1.54) is 0 Å². The molecule has 1 saturated heterocycles. The zero-order valence-corrected chi connectivity index (χ0v) is 15.7. The Kier molecular flexibility index (Phi) is 12.0. The van der Waals surface area contributed by atoms with E-state index < -0.39 is 0 Å². The lowest BCUT2D eigenvalue weighted by atomic mass is 9.99. The predicted molar refractivity (Wildman–Crippen MR) is 97.3 cm³/mol. The molecule has 0 bridgehead atoms. The molecule has 0 radical (unpaired) electrons. The van der Waals surface area contributed by atoms with E-state index in [4.69, 9.17) is 15.2 Å². The van der Waals surface area contributed by atoms with Crippen LogP contribution in [0, 0.1) is 0 Å². The van der Waals surface area contributed by atoms with Gasteiger partial charge >= 0.3 is 0 Å². The first-order valence-corrected chi connectivity index (χ1v) is 8.19. The van der Waals surface area contributed by atoms with E-state index in [1.54, 1.807) is 0 Å². The van der Waals surface area contributed by atoms with Crippen molar-refractivity contribution in [2.75, 3.05) is 45.8 Å². The van der Waals surface area contributed by atoms with Gasteiger partial charge in [0.05, 0.1) is 6.54 Å². The number of hydrogen-bond donors (Lipinski definition) is 2. The monoisotopic (exact) mass is 417 g/mol. The number of nitrogens with zero attached hydrogens (tertiary/aromatic N) is 1. The maximum Gasteiger partial charge on any atom is 0.188 e. The lowest BCUT2D eigenvalue weighted by Crippen LogP contribution is -2.39. The van der Waals surface area contributed by atoms with E-state index >= 15 is 0 Å². The highest BCUT2D eigenvalue weighted by molar-refractivity contribution is 14.0. The summed E-state index contributed by atoms with van der Waals surface area (Å²) in [4.78, 5) is 4.47. The largest absolute Gasteiger partial charge is 0.382 e. The van der Waals surface area contributed by atoms with E-state index in [2.05, 4.69) is 16.6 Å². The summed E-state index contributed by atoms with van der Waals surface area (Å²) in [5.74, 6) is 0.538. The molecule has 7 heteroatoms. The van der Waals surface area contributed by atoms with Crippen molar-refractivity contribution in [2.45, 2.75) is 30.9 Å². The number of ether oxygens (including phenoxy) is 2. The molecule has 0 saturated carbocycles. The van der Waals surface area contributed by atoms with Gasteiger partial charge < -0.3 is 20.5 Å². The molecule has 120 valence electrons.